The van der Waals surface area contributed by atoms with E-state index in [-0.39, 0.29) is 5.92 Å². The van der Waals surface area contributed by atoms with Gasteiger partial charge in [-0.05, 0) is 6.42 Å². The molecule has 0 heterocycles. The van der Waals surface area contributed by atoms with Crippen LogP contribution in [0.1, 0.15) is 33.1 Å². The summed E-state index contributed by atoms with van der Waals surface area (Å²) >= 11 is 0. The van der Waals surface area contributed by atoms with Crippen LogP contribution >= 0.6 is 0 Å². The molecule has 0 aliphatic carbocycles. The Bertz CT molecular complexity index is 105. The summed E-state index contributed by atoms with van der Waals surface area (Å²) in [5.41, 5.74) is 0. The Morgan fingerprint density at radius 3 is 2.80 bits per heavy atom. The fraction of sp³-hybridized carbons (Fsp3) is 0.667. The Balaban J connectivity index is 3.26. The van der Waals surface area contributed by atoms with Crippen molar-refractivity contribution in [2.24, 2.45) is 5.92 Å². The van der Waals surface area contributed by atoms with Crippen molar-refractivity contribution >= 4 is 6.29 Å². The van der Waals surface area contributed by atoms with E-state index in [0.29, 0.717) is 0 Å². The number of unbranched alkanes of at least 4 members (excludes halogenated alkanes) is 2. The van der Waals surface area contributed by atoms with Gasteiger partial charge in [0.25, 0.3) is 0 Å². The molecule has 1 nitrogen and oxygen atoms in total. The predicted molar refractivity (Wildman–Crippen MR) is 43.5 cm³/mol. The predicted octanol–water partition coefficient (Wildman–Crippen LogP) is 2.48. The van der Waals surface area contributed by atoms with E-state index >= 15 is 0 Å². The minimum Gasteiger partial charge on any atom is -0.290 e. The summed E-state index contributed by atoms with van der Waals surface area (Å²) in [6.45, 7) is 4.00. The van der Waals surface area contributed by atoms with Crippen LogP contribution in [0.3, 0.4) is 0 Å². The molecule has 0 aromatic rings. The highest BCUT2D eigenvalue weighted by Crippen LogP contribution is 1.98. The molecule has 0 aromatic carbocycles. The molecule has 0 aliphatic heterocycles. The van der Waals surface area contributed by atoms with Crippen LogP contribution in [-0.2, 0) is 4.79 Å². The average molecular weight is 139 g/mol. The molecule has 1 radical (unpaired) electrons. The standard InChI is InChI=1S/C9H15O/c1-3-4-5-6-7-9(2)8-10/h6-7,9H,3-5H2,1-2H3. The zero-order valence-corrected chi connectivity index (χ0v) is 6.76. The van der Waals surface area contributed by atoms with E-state index in [1.54, 1.807) is 0 Å². The van der Waals surface area contributed by atoms with Gasteiger partial charge in [-0.2, -0.15) is 0 Å². The Kier molecular flexibility index (Phi) is 6.14. The van der Waals surface area contributed by atoms with Crippen molar-refractivity contribution in [3.05, 3.63) is 12.2 Å². The summed E-state index contributed by atoms with van der Waals surface area (Å²) in [7, 11) is 0. The van der Waals surface area contributed by atoms with Gasteiger partial charge in [-0.15, -0.1) is 0 Å². The zero-order chi connectivity index (χ0) is 7.82. The van der Waals surface area contributed by atoms with E-state index < -0.39 is 0 Å². The van der Waals surface area contributed by atoms with Gasteiger partial charge in [-0.3, -0.25) is 4.79 Å². The molecule has 0 aromatic heterocycles. The van der Waals surface area contributed by atoms with Gasteiger partial charge < -0.3 is 0 Å². The monoisotopic (exact) mass is 139 g/mol. The van der Waals surface area contributed by atoms with Crippen LogP contribution in [0.25, 0.3) is 0 Å². The van der Waals surface area contributed by atoms with Crippen LogP contribution in [0.5, 0.6) is 0 Å². The first kappa shape index (κ1) is 9.41. The highest BCUT2D eigenvalue weighted by atomic mass is 16.1. The maximum atomic E-state index is 9.99. The molecule has 0 fully saturated rings. The molecule has 0 N–H and O–H groups in total. The Hall–Kier alpha value is -0.590. The van der Waals surface area contributed by atoms with Crippen molar-refractivity contribution in [3.63, 3.8) is 0 Å². The van der Waals surface area contributed by atoms with Gasteiger partial charge in [0.05, 0.1) is 0 Å². The topological polar surface area (TPSA) is 17.1 Å². The lowest BCUT2D eigenvalue weighted by Gasteiger charge is -1.90. The molecule has 0 spiro atoms. The lowest BCUT2D eigenvalue weighted by molar-refractivity contribution is 0.543. The number of hydrogen-bond acceptors (Lipinski definition) is 1. The second-order valence-corrected chi connectivity index (χ2v) is 2.48. The largest absolute Gasteiger partial charge is 0.290 e. The highest BCUT2D eigenvalue weighted by molar-refractivity contribution is 5.56. The van der Waals surface area contributed by atoms with E-state index in [9.17, 15) is 4.79 Å². The molecular weight excluding hydrogens is 124 g/mol. The van der Waals surface area contributed by atoms with Crippen molar-refractivity contribution < 1.29 is 4.79 Å². The van der Waals surface area contributed by atoms with Crippen LogP contribution in [0.15, 0.2) is 12.2 Å². The minimum atomic E-state index is -0.0307. The quantitative estimate of drug-likeness (QED) is 0.422. The summed E-state index contributed by atoms with van der Waals surface area (Å²) in [4.78, 5) is 9.99. The Morgan fingerprint density at radius 1 is 1.60 bits per heavy atom. The zero-order valence-electron chi connectivity index (χ0n) is 6.76. The first-order chi connectivity index (χ1) is 4.81. The summed E-state index contributed by atoms with van der Waals surface area (Å²) in [5, 5.41) is 0. The van der Waals surface area contributed by atoms with Crippen LogP contribution in [0.2, 0.25) is 0 Å². The SMILES string of the molecule is CCCCC=CC(C)[C]=O. The average Bonchev–Trinajstić information content (AvgIpc) is 1.98. The van der Waals surface area contributed by atoms with Crippen molar-refractivity contribution in [2.75, 3.05) is 0 Å². The number of hydrogen-bond donors (Lipinski definition) is 0. The Morgan fingerprint density at radius 2 is 2.30 bits per heavy atom. The molecule has 57 valence electrons. The summed E-state index contributed by atoms with van der Waals surface area (Å²) < 4.78 is 0. The van der Waals surface area contributed by atoms with Crippen LogP contribution in [0.4, 0.5) is 0 Å². The van der Waals surface area contributed by atoms with Crippen molar-refractivity contribution in [2.45, 2.75) is 33.1 Å². The summed E-state index contributed by atoms with van der Waals surface area (Å²) in [6.07, 6.45) is 9.37. The molecule has 0 saturated heterocycles. The van der Waals surface area contributed by atoms with Gasteiger partial charge >= 0.3 is 0 Å². The van der Waals surface area contributed by atoms with E-state index in [1.807, 2.05) is 19.3 Å². The fourth-order valence-corrected chi connectivity index (χ4v) is 0.662. The number of carbonyl (C=O) groups excluding carboxylic acids is 1. The van der Waals surface area contributed by atoms with Crippen molar-refractivity contribution in [1.29, 1.82) is 0 Å². The van der Waals surface area contributed by atoms with Crippen LogP contribution < -0.4 is 0 Å². The second kappa shape index (κ2) is 6.53. The van der Waals surface area contributed by atoms with Gasteiger partial charge in [0.1, 0.15) is 0 Å². The minimum absolute atomic E-state index is 0.0307. The normalized spacial score (nSPS) is 13.8. The van der Waals surface area contributed by atoms with Gasteiger partial charge in [-0.1, -0.05) is 38.8 Å². The summed E-state index contributed by atoms with van der Waals surface area (Å²) in [5.74, 6) is -0.0307. The first-order valence-electron chi connectivity index (χ1n) is 3.85. The fourth-order valence-electron chi connectivity index (χ4n) is 0.662. The smallest absolute Gasteiger partial charge is 0.205 e. The molecule has 0 aliphatic rings. The molecule has 1 unspecified atom stereocenters. The molecule has 1 heteroatoms. The third-order valence-electron chi connectivity index (χ3n) is 1.33. The van der Waals surface area contributed by atoms with E-state index in [2.05, 4.69) is 13.0 Å². The lowest BCUT2D eigenvalue weighted by Crippen LogP contribution is -1.87. The van der Waals surface area contributed by atoms with Gasteiger partial charge in [0.15, 0.2) is 0 Å². The van der Waals surface area contributed by atoms with Gasteiger partial charge in [-0.25, -0.2) is 0 Å². The first-order valence-corrected chi connectivity index (χ1v) is 3.85. The van der Waals surface area contributed by atoms with Gasteiger partial charge in [0, 0.05) is 5.92 Å². The number of allylic oxidation sites excluding steroid dienone is 2. The number of rotatable bonds is 5. The second-order valence-electron chi connectivity index (χ2n) is 2.48. The third-order valence-corrected chi connectivity index (χ3v) is 1.33. The van der Waals surface area contributed by atoms with Crippen LogP contribution in [0, 0.1) is 5.92 Å². The molecule has 1 atom stereocenters. The maximum Gasteiger partial charge on any atom is 0.205 e. The van der Waals surface area contributed by atoms with Crippen molar-refractivity contribution in [1.82, 2.24) is 0 Å². The van der Waals surface area contributed by atoms with Crippen LogP contribution in [-0.4, -0.2) is 6.29 Å². The third kappa shape index (κ3) is 5.54. The molecule has 0 bridgehead atoms. The van der Waals surface area contributed by atoms with E-state index in [4.69, 9.17) is 0 Å². The maximum absolute atomic E-state index is 9.99. The lowest BCUT2D eigenvalue weighted by atomic mass is 10.1. The summed E-state index contributed by atoms with van der Waals surface area (Å²) in [6, 6.07) is 0. The molecule has 0 saturated carbocycles. The van der Waals surface area contributed by atoms with Gasteiger partial charge in [0.2, 0.25) is 6.29 Å². The van der Waals surface area contributed by atoms with E-state index in [1.165, 1.54) is 12.8 Å². The molecule has 10 heavy (non-hydrogen) atoms. The van der Waals surface area contributed by atoms with E-state index in [0.717, 1.165) is 6.42 Å². The van der Waals surface area contributed by atoms with Crippen molar-refractivity contribution in [3.8, 4) is 0 Å². The molecule has 0 amide bonds. The highest BCUT2D eigenvalue weighted by Gasteiger charge is 1.90. The molecular formula is C9H15O. The molecule has 0 rings (SSSR count). The Labute approximate surface area is 63.1 Å².